The lowest BCUT2D eigenvalue weighted by Crippen LogP contribution is -2.22. The molecule has 3 aromatic carbocycles. The molecule has 0 saturated carbocycles. The molecule has 0 saturated heterocycles. The molecule has 4 rings (SSSR count). The molecule has 3 N–H and O–H groups in total. The van der Waals surface area contributed by atoms with Crippen molar-refractivity contribution in [3.05, 3.63) is 106 Å². The lowest BCUT2D eigenvalue weighted by atomic mass is 9.98. The van der Waals surface area contributed by atoms with Crippen molar-refractivity contribution < 1.29 is 14.7 Å². The molecule has 0 aliphatic rings. The number of hydrogen-bond acceptors (Lipinski definition) is 4. The fourth-order valence-corrected chi connectivity index (χ4v) is 4.00. The highest BCUT2D eigenvalue weighted by atomic mass is 32.1. The molecule has 0 aliphatic carbocycles. The summed E-state index contributed by atoms with van der Waals surface area (Å²) in [6.07, 6.45) is 0. The summed E-state index contributed by atoms with van der Waals surface area (Å²) in [5.41, 5.74) is 5.74. The summed E-state index contributed by atoms with van der Waals surface area (Å²) in [7, 11) is 0. The molecular formula is C26H22N2O3S. The van der Waals surface area contributed by atoms with Gasteiger partial charge in [-0.25, -0.2) is 0 Å². The minimum absolute atomic E-state index is 0.139. The molecule has 0 spiro atoms. The van der Waals surface area contributed by atoms with Crippen molar-refractivity contribution in [1.82, 2.24) is 5.32 Å². The fourth-order valence-electron chi connectivity index (χ4n) is 3.36. The number of amides is 2. The van der Waals surface area contributed by atoms with Crippen LogP contribution in [-0.2, 0) is 6.54 Å². The number of aryl methyl sites for hydroxylation is 1. The van der Waals surface area contributed by atoms with E-state index in [-0.39, 0.29) is 17.6 Å². The zero-order chi connectivity index (χ0) is 22.5. The van der Waals surface area contributed by atoms with Crippen LogP contribution in [0, 0.1) is 6.92 Å². The van der Waals surface area contributed by atoms with E-state index in [1.165, 1.54) is 11.3 Å². The number of rotatable bonds is 6. The van der Waals surface area contributed by atoms with Gasteiger partial charge < -0.3 is 15.7 Å². The Labute approximate surface area is 190 Å². The Kier molecular flexibility index (Phi) is 6.33. The van der Waals surface area contributed by atoms with Crippen molar-refractivity contribution in [3.8, 4) is 16.9 Å². The van der Waals surface area contributed by atoms with Gasteiger partial charge in [-0.3, -0.25) is 9.59 Å². The van der Waals surface area contributed by atoms with E-state index in [0.717, 1.165) is 27.9 Å². The molecule has 32 heavy (non-hydrogen) atoms. The number of phenols is 1. The van der Waals surface area contributed by atoms with Gasteiger partial charge in [0.05, 0.1) is 5.56 Å². The highest BCUT2D eigenvalue weighted by Crippen LogP contribution is 2.27. The quantitative estimate of drug-likeness (QED) is 0.363. The summed E-state index contributed by atoms with van der Waals surface area (Å²) in [4.78, 5) is 24.8. The Morgan fingerprint density at radius 3 is 2.44 bits per heavy atom. The Morgan fingerprint density at radius 1 is 0.906 bits per heavy atom. The largest absolute Gasteiger partial charge is 0.508 e. The maximum absolute atomic E-state index is 12.5. The van der Waals surface area contributed by atoms with E-state index in [9.17, 15) is 14.7 Å². The third-order valence-corrected chi connectivity index (χ3v) is 5.78. The second kappa shape index (κ2) is 9.49. The molecular weight excluding hydrogens is 420 g/mol. The van der Waals surface area contributed by atoms with Gasteiger partial charge in [0, 0.05) is 23.2 Å². The molecule has 1 heterocycles. The number of thiophene rings is 1. The van der Waals surface area contributed by atoms with Gasteiger partial charge in [-0.2, -0.15) is 11.3 Å². The van der Waals surface area contributed by atoms with Crippen molar-refractivity contribution >= 4 is 28.8 Å². The third kappa shape index (κ3) is 5.04. The number of aromatic hydroxyl groups is 1. The van der Waals surface area contributed by atoms with Crippen molar-refractivity contribution in [1.29, 1.82) is 0 Å². The van der Waals surface area contributed by atoms with E-state index >= 15 is 0 Å². The van der Waals surface area contributed by atoms with Crippen LogP contribution < -0.4 is 10.6 Å². The van der Waals surface area contributed by atoms with Gasteiger partial charge in [0.25, 0.3) is 11.8 Å². The average Bonchev–Trinajstić information content (AvgIpc) is 3.34. The Morgan fingerprint density at radius 2 is 1.72 bits per heavy atom. The summed E-state index contributed by atoms with van der Waals surface area (Å²) < 4.78 is 0. The third-order valence-electron chi connectivity index (χ3n) is 5.10. The molecule has 0 aliphatic heterocycles. The van der Waals surface area contributed by atoms with Crippen molar-refractivity contribution in [2.75, 3.05) is 5.32 Å². The normalized spacial score (nSPS) is 10.5. The standard InChI is InChI=1S/C26H22N2O3S/c1-17-5-10-22(28-26(31)21-11-12-32-16-21)14-24(17)19-6-8-20(9-7-19)25(30)27-15-18-3-2-4-23(29)13-18/h2-14,16,29H,15H2,1H3,(H,27,30)(H,28,31). The molecule has 6 heteroatoms. The molecule has 0 radical (unpaired) electrons. The van der Waals surface area contributed by atoms with Gasteiger partial charge in [-0.1, -0.05) is 30.3 Å². The molecule has 160 valence electrons. The van der Waals surface area contributed by atoms with Crippen LogP contribution in [0.5, 0.6) is 5.75 Å². The molecule has 0 fully saturated rings. The second-order valence-corrected chi connectivity index (χ2v) is 8.21. The number of nitrogens with one attached hydrogen (secondary N) is 2. The van der Waals surface area contributed by atoms with Crippen LogP contribution in [0.4, 0.5) is 5.69 Å². The van der Waals surface area contributed by atoms with Crippen LogP contribution in [0.15, 0.2) is 83.6 Å². The van der Waals surface area contributed by atoms with Crippen LogP contribution in [0.1, 0.15) is 31.8 Å². The van der Waals surface area contributed by atoms with Crippen molar-refractivity contribution in [2.45, 2.75) is 13.5 Å². The summed E-state index contributed by atoms with van der Waals surface area (Å²) in [5.74, 6) is -0.154. The monoisotopic (exact) mass is 442 g/mol. The van der Waals surface area contributed by atoms with Crippen molar-refractivity contribution in [3.63, 3.8) is 0 Å². The van der Waals surface area contributed by atoms with Crippen LogP contribution in [0.2, 0.25) is 0 Å². The van der Waals surface area contributed by atoms with Crippen LogP contribution in [0.25, 0.3) is 11.1 Å². The lowest BCUT2D eigenvalue weighted by Gasteiger charge is -2.11. The molecule has 5 nitrogen and oxygen atoms in total. The average molecular weight is 443 g/mol. The van der Waals surface area contributed by atoms with Crippen LogP contribution >= 0.6 is 11.3 Å². The van der Waals surface area contributed by atoms with E-state index in [1.807, 2.05) is 54.1 Å². The number of phenolic OH excluding ortho intramolecular Hbond substituents is 1. The van der Waals surface area contributed by atoms with Gasteiger partial charge in [-0.05, 0) is 77.0 Å². The summed E-state index contributed by atoms with van der Waals surface area (Å²) in [6.45, 7) is 2.34. The van der Waals surface area contributed by atoms with Gasteiger partial charge >= 0.3 is 0 Å². The SMILES string of the molecule is Cc1ccc(NC(=O)c2ccsc2)cc1-c1ccc(C(=O)NCc2cccc(O)c2)cc1. The molecule has 4 aromatic rings. The number of benzene rings is 3. The topological polar surface area (TPSA) is 78.4 Å². The van der Waals surface area contributed by atoms with Gasteiger partial charge in [0.15, 0.2) is 0 Å². The van der Waals surface area contributed by atoms with Crippen LogP contribution in [0.3, 0.4) is 0 Å². The Bertz CT molecular complexity index is 1250. The molecule has 0 unspecified atom stereocenters. The summed E-state index contributed by atoms with van der Waals surface area (Å²) in [5, 5.41) is 19.0. The van der Waals surface area contributed by atoms with Gasteiger partial charge in [0.2, 0.25) is 0 Å². The number of carbonyl (C=O) groups excluding carboxylic acids is 2. The first-order chi connectivity index (χ1) is 15.5. The number of anilines is 1. The zero-order valence-corrected chi connectivity index (χ0v) is 18.3. The van der Waals surface area contributed by atoms with E-state index in [4.69, 9.17) is 0 Å². The maximum atomic E-state index is 12.5. The highest BCUT2D eigenvalue weighted by Gasteiger charge is 2.10. The zero-order valence-electron chi connectivity index (χ0n) is 17.5. The Hall–Kier alpha value is -3.90. The van der Waals surface area contributed by atoms with Crippen LogP contribution in [-0.4, -0.2) is 16.9 Å². The second-order valence-electron chi connectivity index (χ2n) is 7.43. The first-order valence-electron chi connectivity index (χ1n) is 10.1. The predicted molar refractivity (Wildman–Crippen MR) is 128 cm³/mol. The first kappa shape index (κ1) is 21.3. The number of carbonyl (C=O) groups is 2. The van der Waals surface area contributed by atoms with E-state index in [0.29, 0.717) is 17.7 Å². The maximum Gasteiger partial charge on any atom is 0.256 e. The summed E-state index contributed by atoms with van der Waals surface area (Å²) in [6, 6.07) is 21.7. The van der Waals surface area contributed by atoms with E-state index in [2.05, 4.69) is 10.6 Å². The molecule has 2 amide bonds. The van der Waals surface area contributed by atoms with Crippen molar-refractivity contribution in [2.24, 2.45) is 0 Å². The highest BCUT2D eigenvalue weighted by molar-refractivity contribution is 7.08. The first-order valence-corrected chi connectivity index (χ1v) is 11.0. The minimum atomic E-state index is -0.187. The van der Waals surface area contributed by atoms with Gasteiger partial charge in [0.1, 0.15) is 5.75 Å². The molecule has 0 bridgehead atoms. The van der Waals surface area contributed by atoms with E-state index in [1.54, 1.807) is 36.4 Å². The minimum Gasteiger partial charge on any atom is -0.508 e. The lowest BCUT2D eigenvalue weighted by molar-refractivity contribution is 0.0950. The predicted octanol–water partition coefficient (Wildman–Crippen LogP) is 5.61. The fraction of sp³-hybridized carbons (Fsp3) is 0.0769. The molecule has 0 atom stereocenters. The Balaban J connectivity index is 1.46. The summed E-state index contributed by atoms with van der Waals surface area (Å²) >= 11 is 1.48. The van der Waals surface area contributed by atoms with Gasteiger partial charge in [-0.15, -0.1) is 0 Å². The molecule has 1 aromatic heterocycles. The smallest absolute Gasteiger partial charge is 0.256 e. The van der Waals surface area contributed by atoms with E-state index < -0.39 is 0 Å². The number of hydrogen-bond donors (Lipinski definition) is 3.